The van der Waals surface area contributed by atoms with E-state index in [0.717, 1.165) is 16.9 Å². The fourth-order valence-electron chi connectivity index (χ4n) is 2.48. The first-order valence-corrected chi connectivity index (χ1v) is 7.71. The van der Waals surface area contributed by atoms with Crippen molar-refractivity contribution in [3.05, 3.63) is 60.4 Å². The van der Waals surface area contributed by atoms with E-state index >= 15 is 0 Å². The molecule has 2 aromatic carbocycles. The van der Waals surface area contributed by atoms with E-state index in [4.69, 9.17) is 4.74 Å². The molecule has 0 saturated carbocycles. The van der Waals surface area contributed by atoms with Crippen LogP contribution < -0.4 is 4.74 Å². The van der Waals surface area contributed by atoms with Crippen LogP contribution in [0.5, 0.6) is 5.75 Å². The van der Waals surface area contributed by atoms with E-state index in [1.165, 1.54) is 0 Å². The van der Waals surface area contributed by atoms with Gasteiger partial charge in [0, 0.05) is 11.1 Å². The Morgan fingerprint density at radius 3 is 2.56 bits per heavy atom. The molecule has 8 heteroatoms. The zero-order chi connectivity index (χ0) is 17.1. The van der Waals surface area contributed by atoms with Gasteiger partial charge in [0.2, 0.25) is 0 Å². The van der Waals surface area contributed by atoms with Crippen molar-refractivity contribution < 1.29 is 4.74 Å². The van der Waals surface area contributed by atoms with Crippen LogP contribution in [0.3, 0.4) is 0 Å². The Hall–Kier alpha value is -3.55. The fraction of sp³-hybridized carbons (Fsp3) is 0.118. The number of nitrogens with one attached hydrogen (secondary N) is 1. The molecule has 124 valence electrons. The number of hydrogen-bond donors (Lipinski definition) is 1. The number of hydrogen-bond acceptors (Lipinski definition) is 6. The lowest BCUT2D eigenvalue weighted by atomic mass is 10.2. The van der Waals surface area contributed by atoms with Crippen molar-refractivity contribution in [3.8, 4) is 28.5 Å². The molecule has 0 aliphatic heterocycles. The number of benzene rings is 2. The van der Waals surface area contributed by atoms with Crippen LogP contribution in [0.25, 0.3) is 22.8 Å². The van der Waals surface area contributed by atoms with Gasteiger partial charge in [-0.25, -0.2) is 9.67 Å². The highest BCUT2D eigenvalue weighted by atomic mass is 16.5. The molecule has 4 rings (SSSR count). The molecule has 0 fully saturated rings. The van der Waals surface area contributed by atoms with Crippen molar-refractivity contribution in [1.82, 2.24) is 35.4 Å². The monoisotopic (exact) mass is 333 g/mol. The van der Waals surface area contributed by atoms with Crippen LogP contribution in [0.1, 0.15) is 5.82 Å². The van der Waals surface area contributed by atoms with E-state index in [-0.39, 0.29) is 0 Å². The molecule has 0 spiro atoms. The second-order valence-electron chi connectivity index (χ2n) is 5.36. The van der Waals surface area contributed by atoms with Gasteiger partial charge in [0.15, 0.2) is 11.6 Å². The Balaban J connectivity index is 1.57. The predicted octanol–water partition coefficient (Wildman–Crippen LogP) is 2.18. The third-order valence-electron chi connectivity index (χ3n) is 3.74. The minimum atomic E-state index is 0.403. The number of aromatic amines is 1. The van der Waals surface area contributed by atoms with Gasteiger partial charge >= 0.3 is 0 Å². The minimum absolute atomic E-state index is 0.403. The largest absolute Gasteiger partial charge is 0.497 e. The number of tetrazole rings is 1. The second-order valence-corrected chi connectivity index (χ2v) is 5.36. The number of methoxy groups -OCH3 is 1. The van der Waals surface area contributed by atoms with Gasteiger partial charge in [0.25, 0.3) is 0 Å². The molecule has 0 atom stereocenters. The Morgan fingerprint density at radius 1 is 1.00 bits per heavy atom. The summed E-state index contributed by atoms with van der Waals surface area (Å²) in [5.74, 6) is 2.77. The first kappa shape index (κ1) is 15.0. The van der Waals surface area contributed by atoms with E-state index in [2.05, 4.69) is 30.7 Å². The molecule has 0 saturated heterocycles. The number of rotatable bonds is 5. The van der Waals surface area contributed by atoms with Gasteiger partial charge in [-0.2, -0.15) is 5.10 Å². The van der Waals surface area contributed by atoms with Crippen molar-refractivity contribution in [2.24, 2.45) is 0 Å². The average Bonchev–Trinajstić information content (AvgIpc) is 3.33. The van der Waals surface area contributed by atoms with Gasteiger partial charge in [-0.1, -0.05) is 30.3 Å². The van der Waals surface area contributed by atoms with Crippen LogP contribution >= 0.6 is 0 Å². The maximum Gasteiger partial charge on any atom is 0.182 e. The Bertz CT molecular complexity index is 960. The standard InChI is InChI=1S/C17H15N7O/c1-25-14-9-7-12(8-10-14)16-18-15(19-20-16)11-24-17(21-22-23-24)13-5-3-2-4-6-13/h2-10H,11H2,1H3,(H,18,19,20). The molecule has 1 N–H and O–H groups in total. The highest BCUT2D eigenvalue weighted by molar-refractivity contribution is 5.56. The number of aromatic nitrogens is 7. The van der Waals surface area contributed by atoms with Crippen LogP contribution in [-0.2, 0) is 6.54 Å². The summed E-state index contributed by atoms with van der Waals surface area (Å²) in [5, 5.41) is 19.1. The first-order chi connectivity index (χ1) is 12.3. The summed E-state index contributed by atoms with van der Waals surface area (Å²) in [6, 6.07) is 17.4. The van der Waals surface area contributed by atoms with E-state index in [9.17, 15) is 0 Å². The van der Waals surface area contributed by atoms with Crippen LogP contribution in [0.15, 0.2) is 54.6 Å². The highest BCUT2D eigenvalue weighted by Gasteiger charge is 2.12. The van der Waals surface area contributed by atoms with Crippen molar-refractivity contribution in [2.75, 3.05) is 7.11 Å². The average molecular weight is 333 g/mol. The molecule has 25 heavy (non-hydrogen) atoms. The first-order valence-electron chi connectivity index (χ1n) is 7.71. The zero-order valence-corrected chi connectivity index (χ0v) is 13.5. The summed E-state index contributed by atoms with van der Waals surface area (Å²) in [6.45, 7) is 0.403. The quantitative estimate of drug-likeness (QED) is 0.601. The molecule has 2 heterocycles. The second kappa shape index (κ2) is 6.52. The van der Waals surface area contributed by atoms with Gasteiger partial charge in [0.1, 0.15) is 18.1 Å². The van der Waals surface area contributed by atoms with Crippen LogP contribution in [0.2, 0.25) is 0 Å². The van der Waals surface area contributed by atoms with Crippen molar-refractivity contribution >= 4 is 0 Å². The van der Waals surface area contributed by atoms with Gasteiger partial charge in [-0.05, 0) is 34.7 Å². The predicted molar refractivity (Wildman–Crippen MR) is 90.7 cm³/mol. The van der Waals surface area contributed by atoms with Crippen LogP contribution in [0.4, 0.5) is 0 Å². The SMILES string of the molecule is COc1ccc(-c2n[nH]c(Cn3nnnc3-c3ccccc3)n2)cc1. The van der Waals surface area contributed by atoms with Gasteiger partial charge < -0.3 is 4.74 Å². The lowest BCUT2D eigenvalue weighted by molar-refractivity contribution is 0.415. The molecule has 0 bridgehead atoms. The number of ether oxygens (including phenoxy) is 1. The van der Waals surface area contributed by atoms with Gasteiger partial charge in [0.05, 0.1) is 7.11 Å². The number of nitrogens with zero attached hydrogens (tertiary/aromatic N) is 6. The molecule has 4 aromatic rings. The normalized spacial score (nSPS) is 10.8. The number of H-pyrrole nitrogens is 1. The Kier molecular flexibility index (Phi) is 3.91. The molecular weight excluding hydrogens is 318 g/mol. The maximum absolute atomic E-state index is 5.16. The minimum Gasteiger partial charge on any atom is -0.497 e. The summed E-state index contributed by atoms with van der Waals surface area (Å²) >= 11 is 0. The van der Waals surface area contributed by atoms with Gasteiger partial charge in [-0.15, -0.1) is 5.10 Å². The molecule has 0 amide bonds. The Labute approximate surface area is 143 Å². The summed E-state index contributed by atoms with van der Waals surface area (Å²) < 4.78 is 6.85. The molecule has 8 nitrogen and oxygen atoms in total. The van der Waals surface area contributed by atoms with Crippen molar-refractivity contribution in [2.45, 2.75) is 6.54 Å². The lowest BCUT2D eigenvalue weighted by Gasteiger charge is -2.02. The highest BCUT2D eigenvalue weighted by Crippen LogP contribution is 2.20. The van der Waals surface area contributed by atoms with E-state index < -0.39 is 0 Å². The fourth-order valence-corrected chi connectivity index (χ4v) is 2.48. The summed E-state index contributed by atoms with van der Waals surface area (Å²) in [4.78, 5) is 4.52. The molecule has 2 aromatic heterocycles. The lowest BCUT2D eigenvalue weighted by Crippen LogP contribution is -2.06. The summed E-state index contributed by atoms with van der Waals surface area (Å²) in [6.07, 6.45) is 0. The molecule has 0 radical (unpaired) electrons. The molecule has 0 aliphatic carbocycles. The van der Waals surface area contributed by atoms with Gasteiger partial charge in [-0.3, -0.25) is 5.10 Å². The summed E-state index contributed by atoms with van der Waals surface area (Å²) in [7, 11) is 1.64. The Morgan fingerprint density at radius 2 is 1.80 bits per heavy atom. The summed E-state index contributed by atoms with van der Waals surface area (Å²) in [5.41, 5.74) is 1.85. The molecular formula is C17H15N7O. The third-order valence-corrected chi connectivity index (χ3v) is 3.74. The van der Waals surface area contributed by atoms with Crippen LogP contribution in [-0.4, -0.2) is 42.5 Å². The zero-order valence-electron chi connectivity index (χ0n) is 13.5. The third kappa shape index (κ3) is 3.09. The van der Waals surface area contributed by atoms with E-state index in [1.54, 1.807) is 11.8 Å². The maximum atomic E-state index is 5.16. The van der Waals surface area contributed by atoms with E-state index in [0.29, 0.717) is 24.0 Å². The van der Waals surface area contributed by atoms with E-state index in [1.807, 2.05) is 54.6 Å². The van der Waals surface area contributed by atoms with Crippen LogP contribution in [0, 0.1) is 0 Å². The van der Waals surface area contributed by atoms with Crippen molar-refractivity contribution in [1.29, 1.82) is 0 Å². The smallest absolute Gasteiger partial charge is 0.182 e. The topological polar surface area (TPSA) is 94.4 Å². The molecule has 0 aliphatic rings. The van der Waals surface area contributed by atoms with Crippen molar-refractivity contribution in [3.63, 3.8) is 0 Å². The molecule has 0 unspecified atom stereocenters.